The lowest BCUT2D eigenvalue weighted by molar-refractivity contribution is -0.122. The average molecular weight is 409 g/mol. The number of benzene rings is 2. The van der Waals surface area contributed by atoms with E-state index in [2.05, 4.69) is 16.0 Å². The van der Waals surface area contributed by atoms with Crippen molar-refractivity contribution in [3.05, 3.63) is 59.2 Å². The van der Waals surface area contributed by atoms with E-state index in [0.29, 0.717) is 30.1 Å². The van der Waals surface area contributed by atoms with Gasteiger partial charge in [-0.25, -0.2) is 0 Å². The predicted octanol–water partition coefficient (Wildman–Crippen LogP) is 2.58. The number of anilines is 1. The van der Waals surface area contributed by atoms with Gasteiger partial charge in [-0.05, 0) is 68.1 Å². The maximum atomic E-state index is 12.2. The highest BCUT2D eigenvalue weighted by molar-refractivity contribution is 5.96. The molecule has 0 radical (unpaired) electrons. The Morgan fingerprint density at radius 2 is 1.67 bits per heavy atom. The first-order valence-corrected chi connectivity index (χ1v) is 10.1. The first kappa shape index (κ1) is 21.4. The molecule has 0 aromatic heterocycles. The Labute approximate surface area is 176 Å². The molecule has 30 heavy (non-hydrogen) atoms. The van der Waals surface area contributed by atoms with Crippen LogP contribution in [0.4, 0.5) is 5.69 Å². The van der Waals surface area contributed by atoms with Crippen LogP contribution < -0.4 is 20.7 Å². The molecule has 0 heterocycles. The second-order valence-electron chi connectivity index (χ2n) is 7.50. The molecular formula is C23H27N3O4. The van der Waals surface area contributed by atoms with Gasteiger partial charge in [-0.3, -0.25) is 14.4 Å². The van der Waals surface area contributed by atoms with Crippen LogP contribution in [0.15, 0.2) is 42.5 Å². The highest BCUT2D eigenvalue weighted by Gasteiger charge is 2.28. The van der Waals surface area contributed by atoms with Crippen molar-refractivity contribution in [2.24, 2.45) is 5.92 Å². The fourth-order valence-electron chi connectivity index (χ4n) is 2.86. The van der Waals surface area contributed by atoms with E-state index >= 15 is 0 Å². The van der Waals surface area contributed by atoms with Crippen LogP contribution >= 0.6 is 0 Å². The zero-order valence-electron chi connectivity index (χ0n) is 17.3. The van der Waals surface area contributed by atoms with Gasteiger partial charge < -0.3 is 20.7 Å². The first-order chi connectivity index (χ1) is 14.4. The van der Waals surface area contributed by atoms with E-state index in [1.54, 1.807) is 24.3 Å². The van der Waals surface area contributed by atoms with Gasteiger partial charge in [-0.1, -0.05) is 12.1 Å². The molecule has 1 aliphatic rings. The number of carbonyl (C=O) groups excluding carboxylic acids is 3. The zero-order valence-corrected chi connectivity index (χ0v) is 17.3. The van der Waals surface area contributed by atoms with Gasteiger partial charge >= 0.3 is 0 Å². The van der Waals surface area contributed by atoms with Crippen LogP contribution in [0.2, 0.25) is 0 Å². The number of rotatable bonds is 9. The number of hydrogen-bond acceptors (Lipinski definition) is 4. The molecule has 7 heteroatoms. The Hall–Kier alpha value is -3.35. The van der Waals surface area contributed by atoms with Crippen LogP contribution in [0.3, 0.4) is 0 Å². The van der Waals surface area contributed by atoms with Crippen molar-refractivity contribution in [3.63, 3.8) is 0 Å². The minimum atomic E-state index is -0.278. The van der Waals surface area contributed by atoms with E-state index in [1.165, 1.54) is 0 Å². The number of aryl methyl sites for hydroxylation is 2. The SMILES string of the molecule is Cc1ccc(C)c(OCC(=O)Nc2ccc(C(=O)NCCNC(=O)C3CC3)cc2)c1. The Morgan fingerprint density at radius 3 is 2.37 bits per heavy atom. The third kappa shape index (κ3) is 6.34. The molecule has 0 atom stereocenters. The topological polar surface area (TPSA) is 96.5 Å². The summed E-state index contributed by atoms with van der Waals surface area (Å²) in [6.45, 7) is 4.58. The van der Waals surface area contributed by atoms with Crippen molar-refractivity contribution in [2.45, 2.75) is 26.7 Å². The molecule has 1 fully saturated rings. The number of carbonyl (C=O) groups is 3. The maximum absolute atomic E-state index is 12.2. The van der Waals surface area contributed by atoms with Crippen molar-refractivity contribution in [2.75, 3.05) is 25.0 Å². The van der Waals surface area contributed by atoms with E-state index in [0.717, 1.165) is 24.0 Å². The molecule has 0 saturated heterocycles. The summed E-state index contributed by atoms with van der Waals surface area (Å²) in [4.78, 5) is 35.8. The molecular weight excluding hydrogens is 382 g/mol. The highest BCUT2D eigenvalue weighted by Crippen LogP contribution is 2.28. The molecule has 3 rings (SSSR count). The maximum Gasteiger partial charge on any atom is 0.262 e. The number of nitrogens with one attached hydrogen (secondary N) is 3. The van der Waals surface area contributed by atoms with Crippen LogP contribution in [0.1, 0.15) is 34.3 Å². The molecule has 0 aliphatic heterocycles. The standard InChI is InChI=1S/C23H27N3O4/c1-15-3-4-16(2)20(13-15)30-14-21(27)26-19-9-7-18(8-10-19)23(29)25-12-11-24-22(28)17-5-6-17/h3-4,7-10,13,17H,5-6,11-12,14H2,1-2H3,(H,24,28)(H,25,29)(H,26,27). The van der Waals surface area contributed by atoms with Gasteiger partial charge in [0.15, 0.2) is 6.61 Å². The Balaban J connectivity index is 1.40. The van der Waals surface area contributed by atoms with Gasteiger partial charge in [0.05, 0.1) is 0 Å². The second kappa shape index (κ2) is 9.91. The molecule has 1 saturated carbocycles. The summed E-state index contributed by atoms with van der Waals surface area (Å²) in [5.41, 5.74) is 3.09. The van der Waals surface area contributed by atoms with E-state index < -0.39 is 0 Å². The molecule has 0 unspecified atom stereocenters. The first-order valence-electron chi connectivity index (χ1n) is 10.1. The van der Waals surface area contributed by atoms with Crippen molar-refractivity contribution in [1.29, 1.82) is 0 Å². The monoisotopic (exact) mass is 409 g/mol. The molecule has 158 valence electrons. The van der Waals surface area contributed by atoms with Crippen LogP contribution in [0, 0.1) is 19.8 Å². The largest absolute Gasteiger partial charge is 0.483 e. The highest BCUT2D eigenvalue weighted by atomic mass is 16.5. The van der Waals surface area contributed by atoms with Crippen molar-refractivity contribution >= 4 is 23.4 Å². The van der Waals surface area contributed by atoms with E-state index in [-0.39, 0.29) is 30.2 Å². The Morgan fingerprint density at radius 1 is 0.967 bits per heavy atom. The molecule has 2 aromatic rings. The Kier molecular flexibility index (Phi) is 7.06. The van der Waals surface area contributed by atoms with Gasteiger partial charge in [0.2, 0.25) is 5.91 Å². The molecule has 3 amide bonds. The molecule has 3 N–H and O–H groups in total. The lowest BCUT2D eigenvalue weighted by atomic mass is 10.1. The number of hydrogen-bond donors (Lipinski definition) is 3. The summed E-state index contributed by atoms with van der Waals surface area (Å²) in [5.74, 6) is 0.400. The Bertz CT molecular complexity index is 921. The molecule has 2 aromatic carbocycles. The minimum Gasteiger partial charge on any atom is -0.483 e. The summed E-state index contributed by atoms with van der Waals surface area (Å²) >= 11 is 0. The van der Waals surface area contributed by atoms with E-state index in [1.807, 2.05) is 32.0 Å². The fourth-order valence-corrected chi connectivity index (χ4v) is 2.86. The second-order valence-corrected chi connectivity index (χ2v) is 7.50. The lowest BCUT2D eigenvalue weighted by Gasteiger charge is -2.11. The van der Waals surface area contributed by atoms with Crippen molar-refractivity contribution in [3.8, 4) is 5.75 Å². The van der Waals surface area contributed by atoms with Gasteiger partial charge in [0, 0.05) is 30.3 Å². The number of ether oxygens (including phenoxy) is 1. The van der Waals surface area contributed by atoms with Crippen LogP contribution in [-0.4, -0.2) is 37.4 Å². The zero-order chi connectivity index (χ0) is 21.5. The van der Waals surface area contributed by atoms with Crippen LogP contribution in [0.5, 0.6) is 5.75 Å². The third-order valence-corrected chi connectivity index (χ3v) is 4.79. The molecule has 7 nitrogen and oxygen atoms in total. The normalized spacial score (nSPS) is 12.7. The number of amides is 3. The quantitative estimate of drug-likeness (QED) is 0.555. The van der Waals surface area contributed by atoms with Gasteiger partial charge in [-0.15, -0.1) is 0 Å². The summed E-state index contributed by atoms with van der Waals surface area (Å²) in [6, 6.07) is 12.4. The average Bonchev–Trinajstić information content (AvgIpc) is 3.57. The molecule has 0 spiro atoms. The van der Waals surface area contributed by atoms with Crippen molar-refractivity contribution in [1.82, 2.24) is 10.6 Å². The summed E-state index contributed by atoms with van der Waals surface area (Å²) in [7, 11) is 0. The van der Waals surface area contributed by atoms with Crippen LogP contribution in [0.25, 0.3) is 0 Å². The smallest absolute Gasteiger partial charge is 0.262 e. The minimum absolute atomic E-state index is 0.0610. The lowest BCUT2D eigenvalue weighted by Crippen LogP contribution is -2.35. The summed E-state index contributed by atoms with van der Waals surface area (Å²) < 4.78 is 5.60. The van der Waals surface area contributed by atoms with Gasteiger partial charge in [0.1, 0.15) is 5.75 Å². The molecule has 1 aliphatic carbocycles. The van der Waals surface area contributed by atoms with Crippen LogP contribution in [-0.2, 0) is 9.59 Å². The third-order valence-electron chi connectivity index (χ3n) is 4.79. The van der Waals surface area contributed by atoms with Gasteiger partial charge in [0.25, 0.3) is 11.8 Å². The van der Waals surface area contributed by atoms with E-state index in [4.69, 9.17) is 4.74 Å². The molecule has 0 bridgehead atoms. The summed E-state index contributed by atoms with van der Waals surface area (Å²) in [6.07, 6.45) is 1.91. The van der Waals surface area contributed by atoms with Crippen molar-refractivity contribution < 1.29 is 19.1 Å². The van der Waals surface area contributed by atoms with Gasteiger partial charge in [-0.2, -0.15) is 0 Å². The fraction of sp³-hybridized carbons (Fsp3) is 0.348. The predicted molar refractivity (Wildman–Crippen MR) is 115 cm³/mol. The van der Waals surface area contributed by atoms with E-state index in [9.17, 15) is 14.4 Å². The summed E-state index contributed by atoms with van der Waals surface area (Å²) in [5, 5.41) is 8.31.